The van der Waals surface area contributed by atoms with E-state index in [2.05, 4.69) is 0 Å². The summed E-state index contributed by atoms with van der Waals surface area (Å²) in [6.45, 7) is 1.24. The number of ether oxygens (including phenoxy) is 2. The van der Waals surface area contributed by atoms with Crippen LogP contribution in [-0.2, 0) is 20.7 Å². The van der Waals surface area contributed by atoms with Gasteiger partial charge in [-0.3, -0.25) is 9.69 Å². The monoisotopic (exact) mass is 297 g/mol. The molecule has 114 valence electrons. The number of hydrogen-bond donors (Lipinski definition) is 1. The van der Waals surface area contributed by atoms with Crippen LogP contribution in [0.5, 0.6) is 0 Å². The molecule has 1 amide bonds. The summed E-state index contributed by atoms with van der Waals surface area (Å²) in [6.07, 6.45) is -0.949. The summed E-state index contributed by atoms with van der Waals surface area (Å²) >= 11 is 0. The Morgan fingerprint density at radius 2 is 2.33 bits per heavy atom. The first kappa shape index (κ1) is 15.2. The normalized spacial score (nSPS) is 17.8. The Morgan fingerprint density at radius 3 is 2.95 bits per heavy atom. The van der Waals surface area contributed by atoms with Crippen LogP contribution in [0, 0.1) is 5.82 Å². The number of esters is 1. The first-order chi connectivity index (χ1) is 10.0. The molecule has 2 rings (SSSR count). The Morgan fingerprint density at radius 1 is 1.57 bits per heavy atom. The second-order valence-corrected chi connectivity index (χ2v) is 4.68. The lowest BCUT2D eigenvalue weighted by Gasteiger charge is -2.14. The zero-order chi connectivity index (χ0) is 15.4. The van der Waals surface area contributed by atoms with Crippen molar-refractivity contribution in [3.05, 3.63) is 29.6 Å². The molecule has 0 aliphatic carbocycles. The molecule has 1 unspecified atom stereocenters. The average molecular weight is 297 g/mol. The first-order valence-electron chi connectivity index (χ1n) is 6.52. The number of carbonyl (C=O) groups excluding carboxylic acids is 2. The highest BCUT2D eigenvalue weighted by Crippen LogP contribution is 2.25. The van der Waals surface area contributed by atoms with Crippen LogP contribution in [0.15, 0.2) is 18.2 Å². The van der Waals surface area contributed by atoms with Crippen molar-refractivity contribution < 1.29 is 28.6 Å². The number of aliphatic hydroxyl groups excluding tert-OH is 1. The number of nitrogens with zero attached hydrogens (tertiary/aromatic N) is 1. The number of anilines is 1. The molecule has 1 aromatic rings. The fourth-order valence-electron chi connectivity index (χ4n) is 2.07. The van der Waals surface area contributed by atoms with E-state index in [9.17, 15) is 14.0 Å². The Labute approximate surface area is 121 Å². The van der Waals surface area contributed by atoms with Crippen LogP contribution in [0.25, 0.3) is 0 Å². The van der Waals surface area contributed by atoms with Gasteiger partial charge in [0.25, 0.3) is 0 Å². The molecular weight excluding hydrogens is 281 g/mol. The zero-order valence-corrected chi connectivity index (χ0v) is 11.5. The molecule has 21 heavy (non-hydrogen) atoms. The molecule has 6 nitrogen and oxygen atoms in total. The first-order valence-corrected chi connectivity index (χ1v) is 6.52. The maximum atomic E-state index is 14.0. The Bertz CT molecular complexity index is 548. The molecule has 0 radical (unpaired) electrons. The SMILES string of the molecule is CC(=O)OCC1CN(c2ccc(CCO)cc2F)C(=O)O1. The molecule has 1 N–H and O–H groups in total. The average Bonchev–Trinajstić information content (AvgIpc) is 2.78. The Hall–Kier alpha value is -2.15. The minimum absolute atomic E-state index is 0.0538. The van der Waals surface area contributed by atoms with E-state index in [1.54, 1.807) is 6.07 Å². The van der Waals surface area contributed by atoms with Gasteiger partial charge in [0.2, 0.25) is 0 Å². The number of benzene rings is 1. The van der Waals surface area contributed by atoms with Crippen LogP contribution in [0.3, 0.4) is 0 Å². The highest BCUT2D eigenvalue weighted by molar-refractivity contribution is 5.90. The van der Waals surface area contributed by atoms with Crippen molar-refractivity contribution in [3.8, 4) is 0 Å². The van der Waals surface area contributed by atoms with Crippen molar-refractivity contribution >= 4 is 17.7 Å². The Kier molecular flexibility index (Phi) is 4.74. The number of cyclic esters (lactones) is 1. The molecule has 1 aliphatic rings. The number of hydrogen-bond acceptors (Lipinski definition) is 5. The third-order valence-electron chi connectivity index (χ3n) is 3.05. The molecule has 1 heterocycles. The molecule has 0 aromatic heterocycles. The molecule has 1 saturated heterocycles. The molecular formula is C14H16FNO5. The van der Waals surface area contributed by atoms with Gasteiger partial charge in [-0.15, -0.1) is 0 Å². The zero-order valence-electron chi connectivity index (χ0n) is 11.5. The smallest absolute Gasteiger partial charge is 0.414 e. The fraction of sp³-hybridized carbons (Fsp3) is 0.429. The summed E-state index contributed by atoms with van der Waals surface area (Å²) in [5, 5.41) is 8.82. The summed E-state index contributed by atoms with van der Waals surface area (Å²) in [5.74, 6) is -1.03. The third-order valence-corrected chi connectivity index (χ3v) is 3.05. The lowest BCUT2D eigenvalue weighted by atomic mass is 10.1. The lowest BCUT2D eigenvalue weighted by molar-refractivity contribution is -0.143. The number of carbonyl (C=O) groups is 2. The number of aliphatic hydroxyl groups is 1. The van der Waals surface area contributed by atoms with E-state index in [0.29, 0.717) is 12.0 Å². The fourth-order valence-corrected chi connectivity index (χ4v) is 2.07. The van der Waals surface area contributed by atoms with Crippen LogP contribution >= 0.6 is 0 Å². The molecule has 7 heteroatoms. The van der Waals surface area contributed by atoms with Crippen LogP contribution < -0.4 is 4.90 Å². The molecule has 0 spiro atoms. The maximum absolute atomic E-state index is 14.0. The van der Waals surface area contributed by atoms with Crippen molar-refractivity contribution in [2.45, 2.75) is 19.4 Å². The summed E-state index contributed by atoms with van der Waals surface area (Å²) in [5.41, 5.74) is 0.745. The highest BCUT2D eigenvalue weighted by Gasteiger charge is 2.34. The van der Waals surface area contributed by atoms with Crippen molar-refractivity contribution in [1.29, 1.82) is 0 Å². The lowest BCUT2D eigenvalue weighted by Crippen LogP contribution is -2.27. The maximum Gasteiger partial charge on any atom is 0.414 e. The highest BCUT2D eigenvalue weighted by atomic mass is 19.1. The second kappa shape index (κ2) is 6.53. The van der Waals surface area contributed by atoms with E-state index < -0.39 is 24.0 Å². The molecule has 0 saturated carbocycles. The summed E-state index contributed by atoms with van der Waals surface area (Å²) in [4.78, 5) is 23.6. The van der Waals surface area contributed by atoms with Crippen LogP contribution in [0.1, 0.15) is 12.5 Å². The number of rotatable bonds is 5. The van der Waals surface area contributed by atoms with Gasteiger partial charge in [0.15, 0.2) is 6.10 Å². The third kappa shape index (κ3) is 3.69. The van der Waals surface area contributed by atoms with Gasteiger partial charge in [0.1, 0.15) is 12.4 Å². The van der Waals surface area contributed by atoms with Gasteiger partial charge in [0.05, 0.1) is 12.2 Å². The van der Waals surface area contributed by atoms with E-state index in [1.807, 2.05) is 0 Å². The van der Waals surface area contributed by atoms with Crippen molar-refractivity contribution in [2.24, 2.45) is 0 Å². The minimum atomic E-state index is -0.680. The van der Waals surface area contributed by atoms with E-state index >= 15 is 0 Å². The van der Waals surface area contributed by atoms with Gasteiger partial charge in [-0.2, -0.15) is 0 Å². The molecule has 1 atom stereocenters. The second-order valence-electron chi connectivity index (χ2n) is 4.68. The van der Waals surface area contributed by atoms with Crippen molar-refractivity contribution in [2.75, 3.05) is 24.7 Å². The quantitative estimate of drug-likeness (QED) is 0.828. The number of amides is 1. The summed E-state index contributed by atoms with van der Waals surface area (Å²) < 4.78 is 23.8. The standard InChI is InChI=1S/C14H16FNO5/c1-9(18)20-8-11-7-16(14(19)21-11)13-3-2-10(4-5-17)6-12(13)15/h2-3,6,11,17H,4-5,7-8H2,1H3. The van der Waals surface area contributed by atoms with Gasteiger partial charge < -0.3 is 14.6 Å². The summed E-state index contributed by atoms with van der Waals surface area (Å²) in [6, 6.07) is 4.38. The molecule has 0 bridgehead atoms. The minimum Gasteiger partial charge on any atom is -0.462 e. The molecule has 1 aliphatic heterocycles. The topological polar surface area (TPSA) is 76.1 Å². The van der Waals surface area contributed by atoms with Crippen LogP contribution in [-0.4, -0.2) is 43.0 Å². The predicted octanol–water partition coefficient (Wildman–Crippen LogP) is 1.25. The predicted molar refractivity (Wildman–Crippen MR) is 71.4 cm³/mol. The largest absolute Gasteiger partial charge is 0.462 e. The van der Waals surface area contributed by atoms with Gasteiger partial charge >= 0.3 is 12.1 Å². The molecule has 1 fully saturated rings. The summed E-state index contributed by atoms with van der Waals surface area (Å²) in [7, 11) is 0. The van der Waals surface area contributed by atoms with E-state index in [-0.39, 0.29) is 25.4 Å². The number of halogens is 1. The Balaban J connectivity index is 2.08. The van der Waals surface area contributed by atoms with Crippen LogP contribution in [0.2, 0.25) is 0 Å². The van der Waals surface area contributed by atoms with Gasteiger partial charge in [-0.25, -0.2) is 9.18 Å². The van der Waals surface area contributed by atoms with Crippen molar-refractivity contribution in [3.63, 3.8) is 0 Å². The van der Waals surface area contributed by atoms with E-state index in [0.717, 1.165) is 4.90 Å². The molecule has 1 aromatic carbocycles. The van der Waals surface area contributed by atoms with E-state index in [4.69, 9.17) is 14.6 Å². The van der Waals surface area contributed by atoms with Gasteiger partial charge in [-0.05, 0) is 24.1 Å². The van der Waals surface area contributed by atoms with Crippen molar-refractivity contribution in [1.82, 2.24) is 0 Å². The van der Waals surface area contributed by atoms with E-state index in [1.165, 1.54) is 19.1 Å². The van der Waals surface area contributed by atoms with Gasteiger partial charge in [-0.1, -0.05) is 6.07 Å². The van der Waals surface area contributed by atoms with Gasteiger partial charge in [0, 0.05) is 13.5 Å². The van der Waals surface area contributed by atoms with Crippen LogP contribution in [0.4, 0.5) is 14.9 Å².